The minimum atomic E-state index is -0.435. The Morgan fingerprint density at radius 2 is 2.00 bits per heavy atom. The third-order valence-electron chi connectivity index (χ3n) is 3.42. The predicted octanol–water partition coefficient (Wildman–Crippen LogP) is 0.226. The number of hydrogen-bond acceptors (Lipinski definition) is 3. The van der Waals surface area contributed by atoms with E-state index in [-0.39, 0.29) is 17.9 Å². The van der Waals surface area contributed by atoms with Gasteiger partial charge in [0.1, 0.15) is 6.04 Å². The van der Waals surface area contributed by atoms with Gasteiger partial charge in [-0.2, -0.15) is 0 Å². The summed E-state index contributed by atoms with van der Waals surface area (Å²) in [7, 11) is 0. The van der Waals surface area contributed by atoms with Gasteiger partial charge in [0, 0.05) is 19.0 Å². The first-order valence-electron chi connectivity index (χ1n) is 6.28. The lowest BCUT2D eigenvalue weighted by molar-refractivity contribution is -0.141. The second kappa shape index (κ2) is 6.00. The molecule has 5 heteroatoms. The number of rotatable bonds is 4. The van der Waals surface area contributed by atoms with Gasteiger partial charge in [-0.1, -0.05) is 13.8 Å². The quantitative estimate of drug-likeness (QED) is 0.738. The van der Waals surface area contributed by atoms with E-state index >= 15 is 0 Å². The third kappa shape index (κ3) is 3.70. The Kier molecular flexibility index (Phi) is 4.93. The summed E-state index contributed by atoms with van der Waals surface area (Å²) >= 11 is 0. The third-order valence-corrected chi connectivity index (χ3v) is 3.42. The summed E-state index contributed by atoms with van der Waals surface area (Å²) in [5.74, 6) is -0.193. The maximum atomic E-state index is 12.1. The zero-order valence-electron chi connectivity index (χ0n) is 10.7. The van der Waals surface area contributed by atoms with Gasteiger partial charge in [0.25, 0.3) is 0 Å². The molecule has 1 aliphatic heterocycles. The van der Waals surface area contributed by atoms with Gasteiger partial charge in [-0.25, -0.2) is 0 Å². The van der Waals surface area contributed by atoms with E-state index in [4.69, 9.17) is 11.5 Å². The second-order valence-electron chi connectivity index (χ2n) is 5.11. The Morgan fingerprint density at radius 1 is 1.35 bits per heavy atom. The van der Waals surface area contributed by atoms with Crippen LogP contribution in [0.15, 0.2) is 0 Å². The normalized spacial score (nSPS) is 22.6. The number of likely N-dealkylation sites (tertiary alicyclic amines) is 1. The summed E-state index contributed by atoms with van der Waals surface area (Å²) in [6.45, 7) is 4.59. The molecule has 2 unspecified atom stereocenters. The number of piperidine rings is 1. The van der Waals surface area contributed by atoms with Crippen LogP contribution < -0.4 is 11.5 Å². The van der Waals surface area contributed by atoms with Crippen molar-refractivity contribution in [2.75, 3.05) is 6.54 Å². The van der Waals surface area contributed by atoms with E-state index < -0.39 is 11.9 Å². The fraction of sp³-hybridized carbons (Fsp3) is 0.833. The number of carbonyl (C=O) groups excluding carboxylic acids is 2. The second-order valence-corrected chi connectivity index (χ2v) is 5.11. The van der Waals surface area contributed by atoms with Gasteiger partial charge in [0.15, 0.2) is 0 Å². The van der Waals surface area contributed by atoms with Crippen molar-refractivity contribution in [3.8, 4) is 0 Å². The van der Waals surface area contributed by atoms with Crippen molar-refractivity contribution < 1.29 is 9.59 Å². The zero-order chi connectivity index (χ0) is 13.0. The molecule has 1 rings (SSSR count). The van der Waals surface area contributed by atoms with Crippen LogP contribution in [-0.2, 0) is 9.59 Å². The monoisotopic (exact) mass is 241 g/mol. The summed E-state index contributed by atoms with van der Waals surface area (Å²) in [5, 5.41) is 0. The Balaban J connectivity index is 2.62. The number of hydrogen-bond donors (Lipinski definition) is 2. The highest BCUT2D eigenvalue weighted by Crippen LogP contribution is 2.18. The first kappa shape index (κ1) is 14.0. The van der Waals surface area contributed by atoms with Crippen LogP contribution in [0, 0.1) is 5.92 Å². The SMILES string of the molecule is CC(C)C(N)CC(=O)N1CCCCC1C(N)=O. The summed E-state index contributed by atoms with van der Waals surface area (Å²) in [5.41, 5.74) is 11.2. The molecule has 0 radical (unpaired) electrons. The molecule has 2 atom stereocenters. The molecule has 1 saturated heterocycles. The molecule has 1 heterocycles. The lowest BCUT2D eigenvalue weighted by Gasteiger charge is -2.34. The van der Waals surface area contributed by atoms with Crippen molar-refractivity contribution in [3.63, 3.8) is 0 Å². The maximum Gasteiger partial charge on any atom is 0.240 e. The summed E-state index contributed by atoms with van der Waals surface area (Å²) in [6.07, 6.45) is 2.86. The number of carbonyl (C=O) groups is 2. The molecule has 1 aliphatic rings. The number of nitrogens with two attached hydrogens (primary N) is 2. The van der Waals surface area contributed by atoms with Gasteiger partial charge in [0.2, 0.25) is 11.8 Å². The average molecular weight is 241 g/mol. The van der Waals surface area contributed by atoms with Crippen molar-refractivity contribution in [2.45, 2.75) is 51.6 Å². The highest BCUT2D eigenvalue weighted by molar-refractivity contribution is 5.87. The molecule has 98 valence electrons. The maximum absolute atomic E-state index is 12.1. The molecule has 17 heavy (non-hydrogen) atoms. The molecular weight excluding hydrogens is 218 g/mol. The largest absolute Gasteiger partial charge is 0.368 e. The Labute approximate surface area is 103 Å². The smallest absolute Gasteiger partial charge is 0.240 e. The van der Waals surface area contributed by atoms with E-state index in [1.165, 1.54) is 0 Å². The molecule has 0 aromatic heterocycles. The minimum Gasteiger partial charge on any atom is -0.368 e. The Bertz CT molecular complexity index is 291. The van der Waals surface area contributed by atoms with Crippen LogP contribution in [0.3, 0.4) is 0 Å². The van der Waals surface area contributed by atoms with Crippen LogP contribution in [0.25, 0.3) is 0 Å². The lowest BCUT2D eigenvalue weighted by Crippen LogP contribution is -2.51. The molecular formula is C12H23N3O2. The van der Waals surface area contributed by atoms with Crippen LogP contribution in [0.2, 0.25) is 0 Å². The molecule has 2 amide bonds. The molecule has 0 aromatic carbocycles. The number of primary amides is 1. The fourth-order valence-electron chi connectivity index (χ4n) is 2.08. The summed E-state index contributed by atoms with van der Waals surface area (Å²) < 4.78 is 0. The molecule has 5 nitrogen and oxygen atoms in total. The van der Waals surface area contributed by atoms with Crippen molar-refractivity contribution >= 4 is 11.8 Å². The van der Waals surface area contributed by atoms with E-state index in [0.717, 1.165) is 12.8 Å². The van der Waals surface area contributed by atoms with Gasteiger partial charge < -0.3 is 16.4 Å². The van der Waals surface area contributed by atoms with Crippen LogP contribution >= 0.6 is 0 Å². The van der Waals surface area contributed by atoms with E-state index in [1.807, 2.05) is 13.8 Å². The van der Waals surface area contributed by atoms with Crippen LogP contribution in [-0.4, -0.2) is 35.3 Å². The van der Waals surface area contributed by atoms with E-state index in [9.17, 15) is 9.59 Å². The van der Waals surface area contributed by atoms with Crippen LogP contribution in [0.5, 0.6) is 0 Å². The fourth-order valence-corrected chi connectivity index (χ4v) is 2.08. The Morgan fingerprint density at radius 3 is 2.53 bits per heavy atom. The minimum absolute atomic E-state index is 0.0466. The lowest BCUT2D eigenvalue weighted by atomic mass is 9.97. The summed E-state index contributed by atoms with van der Waals surface area (Å²) in [6, 6.07) is -0.589. The average Bonchev–Trinajstić information content (AvgIpc) is 2.28. The number of amides is 2. The molecule has 0 aliphatic carbocycles. The Hall–Kier alpha value is -1.10. The van der Waals surface area contributed by atoms with Crippen LogP contribution in [0.4, 0.5) is 0 Å². The van der Waals surface area contributed by atoms with E-state index in [2.05, 4.69) is 0 Å². The summed E-state index contributed by atoms with van der Waals surface area (Å²) in [4.78, 5) is 25.0. The molecule has 0 spiro atoms. The molecule has 1 fully saturated rings. The first-order valence-corrected chi connectivity index (χ1v) is 6.28. The van der Waals surface area contributed by atoms with Gasteiger partial charge in [-0.15, -0.1) is 0 Å². The van der Waals surface area contributed by atoms with Gasteiger partial charge in [-0.05, 0) is 25.2 Å². The van der Waals surface area contributed by atoms with Gasteiger partial charge >= 0.3 is 0 Å². The van der Waals surface area contributed by atoms with E-state index in [1.54, 1.807) is 4.90 Å². The van der Waals surface area contributed by atoms with Crippen molar-refractivity contribution in [1.29, 1.82) is 0 Å². The highest BCUT2D eigenvalue weighted by atomic mass is 16.2. The molecule has 0 saturated carbocycles. The van der Waals surface area contributed by atoms with Crippen LogP contribution in [0.1, 0.15) is 39.5 Å². The standard InChI is InChI=1S/C12H23N3O2/c1-8(2)9(13)7-11(16)15-6-4-3-5-10(15)12(14)17/h8-10H,3-7,13H2,1-2H3,(H2,14,17). The predicted molar refractivity (Wildman–Crippen MR) is 66.0 cm³/mol. The topological polar surface area (TPSA) is 89.4 Å². The number of nitrogens with zero attached hydrogens (tertiary/aromatic N) is 1. The van der Waals surface area contributed by atoms with Gasteiger partial charge in [0.05, 0.1) is 0 Å². The van der Waals surface area contributed by atoms with Crippen molar-refractivity contribution in [2.24, 2.45) is 17.4 Å². The molecule has 4 N–H and O–H groups in total. The van der Waals surface area contributed by atoms with Crippen molar-refractivity contribution in [3.05, 3.63) is 0 Å². The first-order chi connectivity index (χ1) is 7.93. The molecule has 0 bridgehead atoms. The van der Waals surface area contributed by atoms with E-state index in [0.29, 0.717) is 19.4 Å². The van der Waals surface area contributed by atoms with Crippen molar-refractivity contribution in [1.82, 2.24) is 4.90 Å². The highest BCUT2D eigenvalue weighted by Gasteiger charge is 2.31. The molecule has 0 aromatic rings. The van der Waals surface area contributed by atoms with Gasteiger partial charge in [-0.3, -0.25) is 9.59 Å². The zero-order valence-corrected chi connectivity index (χ0v) is 10.7.